The molecule has 2 aromatic carbocycles. The van der Waals surface area contributed by atoms with Gasteiger partial charge < -0.3 is 29.2 Å². The molecule has 2 atom stereocenters. The Balaban J connectivity index is 0.00000221. The third-order valence-corrected chi connectivity index (χ3v) is 9.13. The second-order valence-electron chi connectivity index (χ2n) is 11.3. The molecule has 0 saturated carbocycles. The van der Waals surface area contributed by atoms with Crippen LogP contribution in [0.5, 0.6) is 6.01 Å². The van der Waals surface area contributed by atoms with Gasteiger partial charge in [-0.25, -0.2) is 6.57 Å². The Morgan fingerprint density at radius 2 is 1.91 bits per heavy atom. The molecule has 44 heavy (non-hydrogen) atoms. The SMILES string of the molecule is S.S.[C-]#[N+]C[C@H]1CN(c2nc(OC[C@@H]3CCCN3C)nc3c2CCN(c2cccc4cccc(Cl)c24)C3)CCN1C(=O)C=C. The molecular weight excluding hydrogens is 614 g/mol. The average molecular weight is 654 g/mol. The molecule has 3 aromatic rings. The summed E-state index contributed by atoms with van der Waals surface area (Å²) in [4.78, 5) is 34.7. The summed E-state index contributed by atoms with van der Waals surface area (Å²) in [6.07, 6.45) is 4.36. The highest BCUT2D eigenvalue weighted by molar-refractivity contribution is 7.59. The molecule has 0 unspecified atom stereocenters. The minimum absolute atomic E-state index is 0. The van der Waals surface area contributed by atoms with Crippen LogP contribution in [-0.2, 0) is 17.8 Å². The van der Waals surface area contributed by atoms with Crippen molar-refractivity contribution in [3.05, 3.63) is 76.8 Å². The maximum Gasteiger partial charge on any atom is 0.318 e. The molecular formula is C32H40ClN7O2S2. The molecule has 0 spiro atoms. The topological polar surface area (TPSA) is 69.4 Å². The lowest BCUT2D eigenvalue weighted by molar-refractivity contribution is -0.128. The quantitative estimate of drug-likeness (QED) is 0.271. The van der Waals surface area contributed by atoms with Gasteiger partial charge in [-0.15, -0.1) is 0 Å². The Kier molecular flexibility index (Phi) is 11.3. The summed E-state index contributed by atoms with van der Waals surface area (Å²) in [5.74, 6) is 0.716. The number of rotatable bonds is 7. The molecule has 234 valence electrons. The fourth-order valence-electron chi connectivity index (χ4n) is 6.54. The highest BCUT2D eigenvalue weighted by Gasteiger charge is 2.35. The van der Waals surface area contributed by atoms with Crippen LogP contribution in [0, 0.1) is 6.57 Å². The van der Waals surface area contributed by atoms with Gasteiger partial charge in [0.25, 0.3) is 0 Å². The van der Waals surface area contributed by atoms with E-state index in [0.717, 1.165) is 64.5 Å². The standard InChI is InChI=1S/C32H36ClN7O2.2H2S/c1-4-29(41)40-17-16-39(19-24(40)18-34-2)31-25-13-15-38(28-12-6-9-22-8-5-11-26(33)30(22)28)20-27(25)35-32(36-31)42-21-23-10-7-14-37(23)3;;/h4-6,8-9,11-12,23-24H,1,7,10,13-21H2,3H3;2*1H2/t23-,24-;;/m0../s1. The molecule has 0 radical (unpaired) electrons. The van der Waals surface area contributed by atoms with E-state index in [-0.39, 0.29) is 45.5 Å². The number of carbonyl (C=O) groups excluding carboxylic acids is 1. The molecule has 6 rings (SSSR count). The fourth-order valence-corrected chi connectivity index (χ4v) is 6.82. The van der Waals surface area contributed by atoms with Gasteiger partial charge in [-0.3, -0.25) is 4.79 Å². The van der Waals surface area contributed by atoms with Crippen LogP contribution in [0.1, 0.15) is 24.1 Å². The van der Waals surface area contributed by atoms with E-state index in [0.29, 0.717) is 44.8 Å². The van der Waals surface area contributed by atoms with Crippen LogP contribution in [0.25, 0.3) is 15.6 Å². The first kappa shape index (κ1) is 33.7. The largest absolute Gasteiger partial charge is 0.462 e. The number of likely N-dealkylation sites (N-methyl/N-ethyl adjacent to an activating group) is 1. The zero-order valence-electron chi connectivity index (χ0n) is 25.0. The molecule has 2 fully saturated rings. The van der Waals surface area contributed by atoms with E-state index in [1.807, 2.05) is 12.1 Å². The number of anilines is 2. The molecule has 1 aromatic heterocycles. The predicted molar refractivity (Wildman–Crippen MR) is 187 cm³/mol. The molecule has 12 heteroatoms. The van der Waals surface area contributed by atoms with E-state index in [1.165, 1.54) is 12.5 Å². The summed E-state index contributed by atoms with van der Waals surface area (Å²) in [7, 11) is 2.13. The minimum atomic E-state index is -0.234. The second kappa shape index (κ2) is 14.7. The summed E-state index contributed by atoms with van der Waals surface area (Å²) in [6, 6.07) is 12.8. The van der Waals surface area contributed by atoms with Crippen LogP contribution < -0.4 is 14.5 Å². The zero-order chi connectivity index (χ0) is 29.2. The molecule has 0 bridgehead atoms. The van der Waals surface area contributed by atoms with Crippen molar-refractivity contribution in [3.8, 4) is 6.01 Å². The van der Waals surface area contributed by atoms with Crippen LogP contribution in [0.4, 0.5) is 11.5 Å². The summed E-state index contributed by atoms with van der Waals surface area (Å²) in [5.41, 5.74) is 3.14. The van der Waals surface area contributed by atoms with Crippen molar-refractivity contribution in [2.24, 2.45) is 0 Å². The molecule has 1 amide bonds. The molecule has 9 nitrogen and oxygen atoms in total. The number of hydrogen-bond acceptors (Lipinski definition) is 7. The lowest BCUT2D eigenvalue weighted by Gasteiger charge is -2.41. The maximum absolute atomic E-state index is 12.5. The van der Waals surface area contributed by atoms with E-state index >= 15 is 0 Å². The Morgan fingerprint density at radius 1 is 1.11 bits per heavy atom. The summed E-state index contributed by atoms with van der Waals surface area (Å²) < 4.78 is 6.28. The number of benzene rings is 2. The van der Waals surface area contributed by atoms with Crippen LogP contribution in [0.2, 0.25) is 5.02 Å². The van der Waals surface area contributed by atoms with Gasteiger partial charge in [0.2, 0.25) is 12.5 Å². The van der Waals surface area contributed by atoms with E-state index in [1.54, 1.807) is 4.90 Å². The van der Waals surface area contributed by atoms with Crippen LogP contribution in [-0.4, -0.2) is 90.7 Å². The van der Waals surface area contributed by atoms with E-state index in [4.69, 9.17) is 32.9 Å². The molecule has 4 heterocycles. The third kappa shape index (κ3) is 6.74. The lowest BCUT2D eigenvalue weighted by Crippen LogP contribution is -2.56. The number of piperazine rings is 1. The molecule has 2 saturated heterocycles. The zero-order valence-corrected chi connectivity index (χ0v) is 27.8. The Hall–Kier alpha value is -3.17. The number of ether oxygens (including phenoxy) is 1. The van der Waals surface area contributed by atoms with E-state index < -0.39 is 0 Å². The normalized spacial score (nSPS) is 19.9. The van der Waals surface area contributed by atoms with Crippen molar-refractivity contribution >= 4 is 66.8 Å². The minimum Gasteiger partial charge on any atom is -0.462 e. The first-order valence-electron chi connectivity index (χ1n) is 14.6. The van der Waals surface area contributed by atoms with E-state index in [2.05, 4.69) is 57.4 Å². The van der Waals surface area contributed by atoms with Crippen molar-refractivity contribution in [1.82, 2.24) is 19.8 Å². The van der Waals surface area contributed by atoms with Crippen molar-refractivity contribution < 1.29 is 9.53 Å². The van der Waals surface area contributed by atoms with Gasteiger partial charge in [0.05, 0.1) is 17.3 Å². The van der Waals surface area contributed by atoms with Crippen molar-refractivity contribution in [2.75, 3.05) is 62.7 Å². The van der Waals surface area contributed by atoms with Crippen LogP contribution in [0.3, 0.4) is 0 Å². The van der Waals surface area contributed by atoms with Crippen molar-refractivity contribution in [3.63, 3.8) is 0 Å². The van der Waals surface area contributed by atoms with Gasteiger partial charge in [-0.2, -0.15) is 37.0 Å². The smallest absolute Gasteiger partial charge is 0.318 e. The number of carbonyl (C=O) groups is 1. The highest BCUT2D eigenvalue weighted by Crippen LogP contribution is 2.37. The number of likely N-dealkylation sites (tertiary alicyclic amines) is 1. The number of halogens is 1. The average Bonchev–Trinajstić information content (AvgIpc) is 3.43. The maximum atomic E-state index is 12.5. The third-order valence-electron chi connectivity index (χ3n) is 8.81. The van der Waals surface area contributed by atoms with Gasteiger partial charge in [0, 0.05) is 48.9 Å². The van der Waals surface area contributed by atoms with Crippen LogP contribution >= 0.6 is 38.6 Å². The Labute approximate surface area is 278 Å². The van der Waals surface area contributed by atoms with Gasteiger partial charge in [-0.05, 0) is 56.4 Å². The lowest BCUT2D eigenvalue weighted by atomic mass is 10.0. The summed E-state index contributed by atoms with van der Waals surface area (Å²) in [5, 5.41) is 2.89. The number of hydrogen-bond donors (Lipinski definition) is 0. The summed E-state index contributed by atoms with van der Waals surface area (Å²) in [6.45, 7) is 16.0. The van der Waals surface area contributed by atoms with Crippen LogP contribution in [0.15, 0.2) is 49.1 Å². The van der Waals surface area contributed by atoms with Crippen molar-refractivity contribution in [1.29, 1.82) is 0 Å². The van der Waals surface area contributed by atoms with Gasteiger partial charge in [-0.1, -0.05) is 42.4 Å². The number of amides is 1. The van der Waals surface area contributed by atoms with E-state index in [9.17, 15) is 4.79 Å². The number of fused-ring (bicyclic) bond motifs is 2. The molecule has 0 N–H and O–H groups in total. The Bertz CT molecular complexity index is 1550. The van der Waals surface area contributed by atoms with Gasteiger partial charge in [0.1, 0.15) is 18.5 Å². The second-order valence-corrected chi connectivity index (χ2v) is 11.7. The van der Waals surface area contributed by atoms with Gasteiger partial charge in [0.15, 0.2) is 0 Å². The van der Waals surface area contributed by atoms with Gasteiger partial charge >= 0.3 is 6.01 Å². The molecule has 0 aliphatic carbocycles. The number of aromatic nitrogens is 2. The fraction of sp³-hybridized carbons (Fsp3) is 0.438. The van der Waals surface area contributed by atoms with Crippen molar-refractivity contribution in [2.45, 2.75) is 37.9 Å². The molecule has 3 aliphatic rings. The highest BCUT2D eigenvalue weighted by atomic mass is 35.5. The predicted octanol–water partition coefficient (Wildman–Crippen LogP) is 4.67. The molecule has 3 aliphatic heterocycles. The summed E-state index contributed by atoms with van der Waals surface area (Å²) >= 11 is 6.69. The first-order valence-corrected chi connectivity index (χ1v) is 15.0. The monoisotopic (exact) mass is 653 g/mol. The number of nitrogens with zero attached hydrogens (tertiary/aromatic N) is 7. The Morgan fingerprint density at radius 3 is 2.64 bits per heavy atom. The first-order chi connectivity index (χ1) is 20.5.